The van der Waals surface area contributed by atoms with E-state index in [-0.39, 0.29) is 25.1 Å². The van der Waals surface area contributed by atoms with Crippen molar-refractivity contribution in [2.45, 2.75) is 37.5 Å². The van der Waals surface area contributed by atoms with Crippen LogP contribution in [0.3, 0.4) is 0 Å². The van der Waals surface area contributed by atoms with Gasteiger partial charge in [0.1, 0.15) is 12.6 Å². The van der Waals surface area contributed by atoms with Crippen LogP contribution in [0.2, 0.25) is 0 Å². The van der Waals surface area contributed by atoms with Gasteiger partial charge in [0.05, 0.1) is 12.6 Å². The minimum absolute atomic E-state index is 0.0497. The van der Waals surface area contributed by atoms with Crippen LogP contribution in [-0.2, 0) is 21.0 Å². The fourth-order valence-electron chi connectivity index (χ4n) is 5.06. The molecular weight excluding hydrogens is 442 g/mol. The lowest BCUT2D eigenvalue weighted by Crippen LogP contribution is -2.57. The van der Waals surface area contributed by atoms with Gasteiger partial charge in [-0.3, -0.25) is 14.5 Å². The van der Waals surface area contributed by atoms with Crippen LogP contribution in [0.15, 0.2) is 78.9 Å². The van der Waals surface area contributed by atoms with Crippen molar-refractivity contribution in [1.29, 1.82) is 0 Å². The monoisotopic (exact) mass is 471 g/mol. The molecule has 7 nitrogen and oxygen atoms in total. The second kappa shape index (κ2) is 10.3. The number of primary amides is 1. The van der Waals surface area contributed by atoms with Gasteiger partial charge in [-0.15, -0.1) is 0 Å². The number of benzene rings is 3. The van der Waals surface area contributed by atoms with Gasteiger partial charge in [0.2, 0.25) is 5.91 Å². The minimum Gasteiger partial charge on any atom is -0.448 e. The number of ether oxygens (including phenoxy) is 1. The summed E-state index contributed by atoms with van der Waals surface area (Å²) in [7, 11) is 0. The van der Waals surface area contributed by atoms with Crippen molar-refractivity contribution in [1.82, 2.24) is 10.4 Å². The van der Waals surface area contributed by atoms with E-state index in [2.05, 4.69) is 29.7 Å². The molecule has 3 aromatic carbocycles. The molecule has 180 valence electrons. The Morgan fingerprint density at radius 2 is 1.51 bits per heavy atom. The highest BCUT2D eigenvalue weighted by Crippen LogP contribution is 2.44. The summed E-state index contributed by atoms with van der Waals surface area (Å²) in [6, 6.07) is 25.4. The van der Waals surface area contributed by atoms with Crippen LogP contribution >= 0.6 is 0 Å². The maximum atomic E-state index is 13.2. The van der Waals surface area contributed by atoms with E-state index in [1.165, 1.54) is 4.90 Å². The number of nitrogens with one attached hydrogen (secondary N) is 1. The molecule has 1 heterocycles. The van der Waals surface area contributed by atoms with Crippen LogP contribution in [0, 0.1) is 0 Å². The number of hydroxylamine groups is 1. The molecule has 2 atom stereocenters. The van der Waals surface area contributed by atoms with Crippen molar-refractivity contribution in [3.63, 3.8) is 0 Å². The van der Waals surface area contributed by atoms with Gasteiger partial charge < -0.3 is 10.5 Å². The van der Waals surface area contributed by atoms with Crippen molar-refractivity contribution in [2.24, 2.45) is 5.73 Å². The number of rotatable bonds is 7. The van der Waals surface area contributed by atoms with Crippen LogP contribution in [0.4, 0.5) is 4.79 Å². The third kappa shape index (κ3) is 4.92. The number of hydrogen-bond acceptors (Lipinski definition) is 5. The van der Waals surface area contributed by atoms with E-state index in [1.807, 2.05) is 54.6 Å². The first kappa shape index (κ1) is 23.1. The molecule has 2 amide bonds. The van der Waals surface area contributed by atoms with Gasteiger partial charge >= 0.3 is 6.09 Å². The van der Waals surface area contributed by atoms with Gasteiger partial charge in [-0.25, -0.2) is 4.79 Å². The van der Waals surface area contributed by atoms with Crippen LogP contribution in [-0.4, -0.2) is 42.1 Å². The number of piperidine rings is 1. The van der Waals surface area contributed by atoms with E-state index in [4.69, 9.17) is 15.3 Å². The van der Waals surface area contributed by atoms with E-state index in [1.54, 1.807) is 0 Å². The predicted octanol–water partition coefficient (Wildman–Crippen LogP) is 3.98. The van der Waals surface area contributed by atoms with E-state index >= 15 is 0 Å². The number of carbonyl (C=O) groups excluding carboxylic acids is 2. The summed E-state index contributed by atoms with van der Waals surface area (Å²) in [5.74, 6) is -0.576. The number of amides is 2. The van der Waals surface area contributed by atoms with E-state index in [0.29, 0.717) is 19.4 Å². The zero-order chi connectivity index (χ0) is 24.2. The Balaban J connectivity index is 1.23. The predicted molar refractivity (Wildman–Crippen MR) is 132 cm³/mol. The van der Waals surface area contributed by atoms with Crippen molar-refractivity contribution in [3.8, 4) is 11.1 Å². The van der Waals surface area contributed by atoms with E-state index in [9.17, 15) is 9.59 Å². The maximum Gasteiger partial charge on any atom is 0.410 e. The molecule has 1 saturated heterocycles. The second-order valence-electron chi connectivity index (χ2n) is 9.04. The highest BCUT2D eigenvalue weighted by molar-refractivity contribution is 5.84. The normalized spacial score (nSPS) is 19.1. The number of likely N-dealkylation sites (tertiary alicyclic amines) is 1. The van der Waals surface area contributed by atoms with Crippen molar-refractivity contribution < 1.29 is 19.2 Å². The summed E-state index contributed by atoms with van der Waals surface area (Å²) >= 11 is 0. The lowest BCUT2D eigenvalue weighted by molar-refractivity contribution is -0.125. The summed E-state index contributed by atoms with van der Waals surface area (Å²) in [6.45, 7) is 0.873. The molecule has 35 heavy (non-hydrogen) atoms. The highest BCUT2D eigenvalue weighted by Gasteiger charge is 2.37. The fraction of sp³-hybridized carbons (Fsp3) is 0.286. The van der Waals surface area contributed by atoms with Crippen molar-refractivity contribution in [3.05, 3.63) is 95.6 Å². The molecule has 3 aromatic rings. The van der Waals surface area contributed by atoms with Gasteiger partial charge in [-0.1, -0.05) is 78.9 Å². The van der Waals surface area contributed by atoms with Gasteiger partial charge in [0, 0.05) is 12.5 Å². The third-order valence-corrected chi connectivity index (χ3v) is 6.81. The SMILES string of the molecule is NC(=O)[C@@H]1CC[C@@H](NOCc2ccccc2)CN1C(=O)OCC1c2ccccc2-c2ccccc21. The maximum absolute atomic E-state index is 13.2. The van der Waals surface area contributed by atoms with Gasteiger partial charge in [-0.05, 0) is 40.7 Å². The van der Waals surface area contributed by atoms with Crippen molar-refractivity contribution >= 4 is 12.0 Å². The number of nitrogens with zero attached hydrogens (tertiary/aromatic N) is 1. The zero-order valence-electron chi connectivity index (χ0n) is 19.4. The topological polar surface area (TPSA) is 93.9 Å². The first-order chi connectivity index (χ1) is 17.1. The molecule has 3 N–H and O–H groups in total. The Labute approximate surface area is 204 Å². The number of fused-ring (bicyclic) bond motifs is 3. The first-order valence-electron chi connectivity index (χ1n) is 11.9. The molecule has 5 rings (SSSR count). The van der Waals surface area contributed by atoms with Gasteiger partial charge in [-0.2, -0.15) is 5.48 Å². The molecule has 0 spiro atoms. The Hall–Kier alpha value is -3.68. The molecule has 7 heteroatoms. The molecule has 0 aromatic heterocycles. The standard InChI is InChI=1S/C28H29N3O4/c29-27(32)26-15-14-20(30-35-17-19-8-2-1-3-9-19)16-31(26)28(33)34-18-25-23-12-6-4-10-21(23)22-11-5-7-13-24(22)25/h1-13,20,25-26,30H,14-18H2,(H2,29,32)/t20-,26+/m1/s1. The van der Waals surface area contributed by atoms with Crippen molar-refractivity contribution in [2.75, 3.05) is 13.2 Å². The Kier molecular flexibility index (Phi) is 6.79. The summed E-state index contributed by atoms with van der Waals surface area (Å²) < 4.78 is 5.79. The third-order valence-electron chi connectivity index (χ3n) is 6.81. The molecule has 0 bridgehead atoms. The molecule has 1 fully saturated rings. The smallest absolute Gasteiger partial charge is 0.410 e. The average Bonchev–Trinajstić information content (AvgIpc) is 3.21. The molecule has 2 aliphatic rings. The van der Waals surface area contributed by atoms with E-state index in [0.717, 1.165) is 27.8 Å². The van der Waals surface area contributed by atoms with Crippen LogP contribution < -0.4 is 11.2 Å². The minimum atomic E-state index is -0.696. The summed E-state index contributed by atoms with van der Waals surface area (Å²) in [6.07, 6.45) is 0.576. The van der Waals surface area contributed by atoms with Crippen LogP contribution in [0.25, 0.3) is 11.1 Å². The molecule has 0 saturated carbocycles. The number of nitrogens with two attached hydrogens (primary N) is 1. The highest BCUT2D eigenvalue weighted by atomic mass is 16.6. The molecule has 1 aliphatic heterocycles. The Morgan fingerprint density at radius 1 is 0.886 bits per heavy atom. The Bertz CT molecular complexity index is 1150. The fourth-order valence-corrected chi connectivity index (χ4v) is 5.06. The number of hydrogen-bond donors (Lipinski definition) is 2. The second-order valence-corrected chi connectivity index (χ2v) is 9.04. The summed E-state index contributed by atoms with van der Waals surface area (Å²) in [4.78, 5) is 32.3. The largest absolute Gasteiger partial charge is 0.448 e. The van der Waals surface area contributed by atoms with Crippen LogP contribution in [0.1, 0.15) is 35.4 Å². The molecule has 0 radical (unpaired) electrons. The summed E-state index contributed by atoms with van der Waals surface area (Å²) in [5, 5.41) is 0. The van der Waals surface area contributed by atoms with E-state index < -0.39 is 18.0 Å². The Morgan fingerprint density at radius 3 is 2.17 bits per heavy atom. The lowest BCUT2D eigenvalue weighted by Gasteiger charge is -2.37. The molecular formula is C28H29N3O4. The first-order valence-corrected chi connectivity index (χ1v) is 11.9. The molecule has 1 aliphatic carbocycles. The zero-order valence-corrected chi connectivity index (χ0v) is 19.4. The number of carbonyl (C=O) groups is 2. The lowest BCUT2D eigenvalue weighted by atomic mass is 9.98. The van der Waals surface area contributed by atoms with Gasteiger partial charge in [0.25, 0.3) is 0 Å². The quantitative estimate of drug-likeness (QED) is 0.509. The molecule has 0 unspecified atom stereocenters. The summed E-state index contributed by atoms with van der Waals surface area (Å²) in [5.41, 5.74) is 14.3. The van der Waals surface area contributed by atoms with Crippen LogP contribution in [0.5, 0.6) is 0 Å². The van der Waals surface area contributed by atoms with Gasteiger partial charge in [0.15, 0.2) is 0 Å². The average molecular weight is 472 g/mol.